The molecule has 1 aliphatic carbocycles. The van der Waals surface area contributed by atoms with E-state index in [1.807, 2.05) is 36.4 Å². The first-order chi connectivity index (χ1) is 34.2. The molecule has 15 nitrogen and oxygen atoms in total. The number of methoxy groups -OCH3 is 1. The van der Waals surface area contributed by atoms with Gasteiger partial charge in [-0.05, 0) is 141 Å². The molecule has 2 unspecified atom stereocenters. The van der Waals surface area contributed by atoms with Gasteiger partial charge in [0.15, 0.2) is 12.6 Å². The van der Waals surface area contributed by atoms with Crippen molar-refractivity contribution >= 4 is 50.9 Å². The molecule has 5 aromatic rings. The van der Waals surface area contributed by atoms with E-state index in [1.165, 1.54) is 19.3 Å². The number of aryl methyl sites for hydroxylation is 1. The number of benzene rings is 3. The molecule has 4 saturated heterocycles. The molecule has 3 amide bonds. The number of anilines is 2. The number of imide groups is 1. The molecule has 0 radical (unpaired) electrons. The summed E-state index contributed by atoms with van der Waals surface area (Å²) in [6, 6.07) is 15.8. The van der Waals surface area contributed by atoms with E-state index in [4.69, 9.17) is 29.2 Å². The maximum Gasteiger partial charge on any atom is 0.319 e. The lowest BCUT2D eigenvalue weighted by atomic mass is 9.95. The first kappa shape index (κ1) is 46.4. The van der Waals surface area contributed by atoms with Crippen LogP contribution in [0.2, 0.25) is 0 Å². The average molecular weight is 954 g/mol. The third-order valence-corrected chi connectivity index (χ3v) is 15.9. The molecular formula is C54H64FN9O6. The summed E-state index contributed by atoms with van der Waals surface area (Å²) in [5, 5.41) is 4.87. The molecule has 368 valence electrons. The number of aromatic nitrogens is 3. The van der Waals surface area contributed by atoms with E-state index in [-0.39, 0.29) is 54.2 Å². The van der Waals surface area contributed by atoms with Gasteiger partial charge in [-0.15, -0.1) is 0 Å². The molecule has 16 heteroatoms. The number of carbonyl (C=O) groups is 3. The number of amides is 3. The number of nitrogens with zero attached hydrogens (tertiary/aromatic N) is 8. The van der Waals surface area contributed by atoms with Gasteiger partial charge in [-0.3, -0.25) is 34.5 Å². The van der Waals surface area contributed by atoms with Gasteiger partial charge in [0.05, 0.1) is 5.39 Å². The van der Waals surface area contributed by atoms with E-state index in [1.54, 1.807) is 18.2 Å². The number of hydrogen-bond acceptors (Lipinski definition) is 13. The number of halogens is 1. The lowest BCUT2D eigenvalue weighted by Crippen LogP contribution is -2.52. The minimum Gasteiger partial charge on any atom is -0.468 e. The zero-order valence-corrected chi connectivity index (χ0v) is 40.5. The summed E-state index contributed by atoms with van der Waals surface area (Å²) in [4.78, 5) is 63.6. The summed E-state index contributed by atoms with van der Waals surface area (Å²) in [6.07, 6.45) is 11.1. The number of nitrogens with one attached hydrogen (secondary N) is 1. The molecule has 4 atom stereocenters. The Morgan fingerprint density at radius 3 is 2.49 bits per heavy atom. The summed E-state index contributed by atoms with van der Waals surface area (Å²) >= 11 is 0. The number of piperidine rings is 2. The topological polar surface area (TPSA) is 146 Å². The molecule has 3 aromatic carbocycles. The van der Waals surface area contributed by atoms with Crippen molar-refractivity contribution in [2.45, 2.75) is 89.8 Å². The summed E-state index contributed by atoms with van der Waals surface area (Å²) in [6.45, 7) is 11.6. The minimum absolute atomic E-state index is 0.0703. The highest BCUT2D eigenvalue weighted by Gasteiger charge is 2.40. The number of piperazine rings is 1. The summed E-state index contributed by atoms with van der Waals surface area (Å²) in [5.74, 6) is 1.18. The molecular weight excluding hydrogens is 890 g/mol. The molecule has 6 aliphatic rings. The van der Waals surface area contributed by atoms with E-state index in [0.717, 1.165) is 119 Å². The highest BCUT2D eigenvalue weighted by Crippen LogP contribution is 2.42. The zero-order valence-electron chi connectivity index (χ0n) is 40.5. The van der Waals surface area contributed by atoms with Gasteiger partial charge in [-0.25, -0.2) is 4.39 Å². The Labute approximate surface area is 408 Å². The Balaban J connectivity index is 0.732. The van der Waals surface area contributed by atoms with E-state index < -0.39 is 11.9 Å². The molecule has 7 heterocycles. The van der Waals surface area contributed by atoms with Gasteiger partial charge in [0, 0.05) is 88.4 Å². The van der Waals surface area contributed by atoms with Gasteiger partial charge in [0.2, 0.25) is 11.8 Å². The number of hydrogen-bond donors (Lipinski definition) is 1. The van der Waals surface area contributed by atoms with Crippen molar-refractivity contribution in [2.24, 2.45) is 11.8 Å². The number of unbranched alkanes of at least 4 members (excludes halogenated alkanes) is 1. The Morgan fingerprint density at radius 2 is 1.69 bits per heavy atom. The number of rotatable bonds is 16. The molecule has 5 aliphatic heterocycles. The number of ether oxygens (including phenoxy) is 3. The van der Waals surface area contributed by atoms with Crippen LogP contribution in [-0.4, -0.2) is 139 Å². The summed E-state index contributed by atoms with van der Waals surface area (Å²) in [7, 11) is 1.58. The van der Waals surface area contributed by atoms with Crippen molar-refractivity contribution in [2.75, 3.05) is 89.2 Å². The van der Waals surface area contributed by atoms with Crippen molar-refractivity contribution in [1.82, 2.24) is 35.0 Å². The zero-order chi connectivity index (χ0) is 47.9. The van der Waals surface area contributed by atoms with Gasteiger partial charge in [0.25, 0.3) is 5.91 Å². The highest BCUT2D eigenvalue weighted by molar-refractivity contribution is 6.06. The molecule has 2 bridgehead atoms. The second-order valence-corrected chi connectivity index (χ2v) is 20.3. The quantitative estimate of drug-likeness (QED) is 0.0618. The highest BCUT2D eigenvalue weighted by atomic mass is 19.1. The van der Waals surface area contributed by atoms with Gasteiger partial charge in [-0.1, -0.05) is 25.1 Å². The van der Waals surface area contributed by atoms with Crippen molar-refractivity contribution in [3.05, 3.63) is 77.2 Å². The fourth-order valence-electron chi connectivity index (χ4n) is 12.3. The van der Waals surface area contributed by atoms with Gasteiger partial charge in [0.1, 0.15) is 35.4 Å². The van der Waals surface area contributed by atoms with Gasteiger partial charge < -0.3 is 28.9 Å². The first-order valence-corrected chi connectivity index (χ1v) is 25.6. The molecule has 1 N–H and O–H groups in total. The normalized spacial score (nSPS) is 23.0. The van der Waals surface area contributed by atoms with Crippen LogP contribution >= 0.6 is 0 Å². The average Bonchev–Trinajstić information content (AvgIpc) is 4.08. The number of likely N-dealkylation sites (tertiary alicyclic amines) is 1. The SMILES string of the molecule is CCc1cccc2cc(OCOC)cc(-c3ncc4c(N5CC6CCC(C6)C5)nc(OC[C@@H]5CCCN5CCCCN5CCN(c6ccc7c(c6)CN([C@H]6CCC(=O)NC6=O)C7=O)CC5)nc4c3F)c12. The maximum absolute atomic E-state index is 17.4. The Bertz CT molecular complexity index is 2790. The van der Waals surface area contributed by atoms with Crippen molar-refractivity contribution in [3.63, 3.8) is 0 Å². The van der Waals surface area contributed by atoms with Crippen LogP contribution in [0.1, 0.15) is 86.2 Å². The predicted octanol–water partition coefficient (Wildman–Crippen LogP) is 6.97. The Kier molecular flexibility index (Phi) is 13.3. The number of pyridine rings is 1. The van der Waals surface area contributed by atoms with Crippen LogP contribution in [0.25, 0.3) is 32.9 Å². The molecule has 11 rings (SSSR count). The first-order valence-electron chi connectivity index (χ1n) is 25.6. The van der Waals surface area contributed by atoms with Crippen molar-refractivity contribution in [3.8, 4) is 23.0 Å². The predicted molar refractivity (Wildman–Crippen MR) is 266 cm³/mol. The van der Waals surface area contributed by atoms with E-state index >= 15 is 4.39 Å². The molecule has 1 saturated carbocycles. The van der Waals surface area contributed by atoms with Crippen LogP contribution < -0.4 is 24.6 Å². The second kappa shape index (κ2) is 20.0. The fraction of sp³-hybridized carbons (Fsp3) is 0.519. The Morgan fingerprint density at radius 1 is 0.857 bits per heavy atom. The van der Waals surface area contributed by atoms with Crippen LogP contribution in [0.15, 0.2) is 54.7 Å². The molecule has 5 fully saturated rings. The molecule has 70 heavy (non-hydrogen) atoms. The Hall–Kier alpha value is -5.97. The lowest BCUT2D eigenvalue weighted by molar-refractivity contribution is -0.136. The fourth-order valence-corrected chi connectivity index (χ4v) is 12.3. The van der Waals surface area contributed by atoms with Crippen LogP contribution in [-0.2, 0) is 27.3 Å². The molecule has 2 aromatic heterocycles. The van der Waals surface area contributed by atoms with Gasteiger partial charge in [-0.2, -0.15) is 9.97 Å². The smallest absolute Gasteiger partial charge is 0.319 e. The van der Waals surface area contributed by atoms with Gasteiger partial charge >= 0.3 is 6.01 Å². The van der Waals surface area contributed by atoms with Crippen molar-refractivity contribution in [1.29, 1.82) is 0 Å². The monoisotopic (exact) mass is 953 g/mol. The standard InChI is InChI=1S/C54H64FN9O6/c1-3-36-8-6-9-37-26-41(70-33-68-2)27-43(47(36)37)49-48(55)50-44(28-56-49)51(63-29-34-11-12-35(24-34)30-63)59-54(58-50)69-32-40-10-7-19-61(40)18-5-4-17-60-20-22-62(23-21-60)39-13-14-42-38(25-39)31-64(53(42)67)45-15-16-46(65)57-52(45)66/h6,8-9,13-14,25-28,34-35,40,45H,3-5,7,10-12,15-24,29-33H2,1-2H3,(H,57,65,66)/t34?,35?,40-,45-/m0/s1. The summed E-state index contributed by atoms with van der Waals surface area (Å²) < 4.78 is 35.1. The van der Waals surface area contributed by atoms with E-state index in [2.05, 4.69) is 44.0 Å². The minimum atomic E-state index is -0.609. The van der Waals surface area contributed by atoms with Crippen LogP contribution in [0.5, 0.6) is 11.8 Å². The maximum atomic E-state index is 17.4. The van der Waals surface area contributed by atoms with Crippen LogP contribution in [0.3, 0.4) is 0 Å². The van der Waals surface area contributed by atoms with Crippen molar-refractivity contribution < 1.29 is 33.0 Å². The summed E-state index contributed by atoms with van der Waals surface area (Å²) in [5.41, 5.74) is 4.87. The second-order valence-electron chi connectivity index (χ2n) is 20.3. The number of fused-ring (bicyclic) bond motifs is 5. The third-order valence-electron chi connectivity index (χ3n) is 15.9. The third kappa shape index (κ3) is 9.25. The lowest BCUT2D eigenvalue weighted by Gasteiger charge is -2.36. The largest absolute Gasteiger partial charge is 0.468 e. The molecule has 0 spiro atoms. The van der Waals surface area contributed by atoms with Crippen LogP contribution in [0, 0.1) is 17.7 Å². The number of carbonyl (C=O) groups excluding carboxylic acids is 3. The van der Waals surface area contributed by atoms with E-state index in [9.17, 15) is 14.4 Å². The van der Waals surface area contributed by atoms with E-state index in [0.29, 0.717) is 59.5 Å². The van der Waals surface area contributed by atoms with Crippen LogP contribution in [0.4, 0.5) is 15.9 Å².